The van der Waals surface area contributed by atoms with E-state index in [1.807, 2.05) is 0 Å². The van der Waals surface area contributed by atoms with E-state index in [0.29, 0.717) is 17.8 Å². The normalized spacial score (nSPS) is 51.5. The van der Waals surface area contributed by atoms with E-state index in [2.05, 4.69) is 54.5 Å². The molecule has 0 heterocycles. The average molecular weight is 517 g/mol. The first-order chi connectivity index (χ1) is 16.5. The quantitative estimate of drug-likeness (QED) is 0.210. The second-order valence-corrected chi connectivity index (χ2v) is 15.8. The Hall–Kier alpha value is -0.830. The molecule has 36 heavy (non-hydrogen) atoms. The molecule has 0 aliphatic heterocycles. The third-order valence-corrected chi connectivity index (χ3v) is 14.0. The monoisotopic (exact) mass is 516 g/mol. The zero-order valence-electron chi connectivity index (χ0n) is 24.1. The fraction of sp³-hybridized carbons (Fsp3) is 0.875. The van der Waals surface area contributed by atoms with Gasteiger partial charge in [-0.05, 0) is 115 Å². The molecule has 0 aromatic carbocycles. The summed E-state index contributed by atoms with van der Waals surface area (Å²) in [5.41, 5.74) is 2.19. The van der Waals surface area contributed by atoms with Crippen molar-refractivity contribution in [2.24, 2.45) is 50.2 Å². The maximum Gasteiger partial charge on any atom is 0.302 e. The number of hydrogen-bond acceptors (Lipinski definition) is 3. The summed E-state index contributed by atoms with van der Waals surface area (Å²) in [6.45, 7) is 18.6. The maximum atomic E-state index is 12.5. The molecule has 9 atom stereocenters. The number of fused-ring (bicyclic) bond motifs is 7. The van der Waals surface area contributed by atoms with E-state index in [4.69, 9.17) is 16.3 Å². The first kappa shape index (κ1) is 26.8. The Morgan fingerprint density at radius 1 is 0.889 bits per heavy atom. The summed E-state index contributed by atoms with van der Waals surface area (Å²) in [7, 11) is 0. The van der Waals surface area contributed by atoms with E-state index < -0.39 is 5.41 Å². The predicted octanol–water partition coefficient (Wildman–Crippen LogP) is 8.49. The van der Waals surface area contributed by atoms with Gasteiger partial charge in [0.2, 0.25) is 5.24 Å². The minimum atomic E-state index is -0.397. The SMILES string of the molecule is CC(=O)O[C@H]1CC[C@]2(C)[C@H]3CC=C4[C@@H]5C[C@@](C)(C(=O)Cl)CC[C@]5(C)CC[C@@]4(C)[C@]3(C)CC[C@H]2C1(C)C. The lowest BCUT2D eigenvalue weighted by Gasteiger charge is -2.71. The Labute approximate surface area is 224 Å². The van der Waals surface area contributed by atoms with Crippen LogP contribution in [0.5, 0.6) is 0 Å². The largest absolute Gasteiger partial charge is 0.462 e. The van der Waals surface area contributed by atoms with Gasteiger partial charge in [0.1, 0.15) is 6.10 Å². The van der Waals surface area contributed by atoms with E-state index in [1.54, 1.807) is 12.5 Å². The van der Waals surface area contributed by atoms with Crippen LogP contribution in [0, 0.1) is 50.2 Å². The molecule has 0 aromatic rings. The van der Waals surface area contributed by atoms with Gasteiger partial charge in [-0.2, -0.15) is 0 Å². The molecule has 5 rings (SSSR count). The molecule has 3 nitrogen and oxygen atoms in total. The van der Waals surface area contributed by atoms with Crippen LogP contribution in [0.2, 0.25) is 0 Å². The zero-order valence-corrected chi connectivity index (χ0v) is 24.8. The van der Waals surface area contributed by atoms with Gasteiger partial charge < -0.3 is 4.74 Å². The molecule has 4 fully saturated rings. The van der Waals surface area contributed by atoms with Crippen LogP contribution in [-0.2, 0) is 14.3 Å². The van der Waals surface area contributed by atoms with Crippen LogP contribution in [0.25, 0.3) is 0 Å². The number of hydrogen-bond donors (Lipinski definition) is 0. The molecule has 0 unspecified atom stereocenters. The number of ether oxygens (including phenoxy) is 1. The van der Waals surface area contributed by atoms with Crippen LogP contribution in [0.3, 0.4) is 0 Å². The lowest BCUT2D eigenvalue weighted by molar-refractivity contribution is -0.211. The summed E-state index contributed by atoms with van der Waals surface area (Å²) in [4.78, 5) is 24.4. The Morgan fingerprint density at radius 2 is 1.56 bits per heavy atom. The first-order valence-electron chi connectivity index (χ1n) is 14.6. The Kier molecular flexibility index (Phi) is 6.01. The highest BCUT2D eigenvalue weighted by Gasteiger charge is 2.68. The van der Waals surface area contributed by atoms with Gasteiger partial charge in [0.15, 0.2) is 0 Å². The van der Waals surface area contributed by atoms with Crippen LogP contribution in [0.4, 0.5) is 0 Å². The van der Waals surface area contributed by atoms with E-state index >= 15 is 0 Å². The van der Waals surface area contributed by atoms with Gasteiger partial charge in [-0.3, -0.25) is 9.59 Å². The summed E-state index contributed by atoms with van der Waals surface area (Å²) < 4.78 is 5.89. The Balaban J connectivity index is 1.53. The Bertz CT molecular complexity index is 999. The zero-order chi connectivity index (χ0) is 26.5. The fourth-order valence-electron chi connectivity index (χ4n) is 10.9. The fourth-order valence-corrected chi connectivity index (χ4v) is 11.1. The van der Waals surface area contributed by atoms with Gasteiger partial charge >= 0.3 is 5.97 Å². The number of carbonyl (C=O) groups is 2. The van der Waals surface area contributed by atoms with Crippen molar-refractivity contribution in [3.05, 3.63) is 11.6 Å². The molecule has 0 bridgehead atoms. The van der Waals surface area contributed by atoms with Gasteiger partial charge in [0, 0.05) is 17.8 Å². The number of halogens is 1. The summed E-state index contributed by atoms with van der Waals surface area (Å²) in [5.74, 6) is 1.50. The van der Waals surface area contributed by atoms with E-state index in [1.165, 1.54) is 25.7 Å². The van der Waals surface area contributed by atoms with Crippen molar-refractivity contribution in [1.29, 1.82) is 0 Å². The van der Waals surface area contributed by atoms with Crippen molar-refractivity contribution in [3.63, 3.8) is 0 Å². The lowest BCUT2D eigenvalue weighted by Crippen LogP contribution is -2.64. The summed E-state index contributed by atoms with van der Waals surface area (Å²) in [6.07, 6.45) is 13.8. The highest BCUT2D eigenvalue weighted by atomic mass is 35.5. The summed E-state index contributed by atoms with van der Waals surface area (Å²) in [6, 6.07) is 0. The van der Waals surface area contributed by atoms with Gasteiger partial charge in [-0.25, -0.2) is 0 Å². The second-order valence-electron chi connectivity index (χ2n) is 15.5. The predicted molar refractivity (Wildman–Crippen MR) is 145 cm³/mol. The van der Waals surface area contributed by atoms with Crippen molar-refractivity contribution in [3.8, 4) is 0 Å². The van der Waals surface area contributed by atoms with E-state index in [0.717, 1.165) is 38.5 Å². The van der Waals surface area contributed by atoms with Crippen molar-refractivity contribution < 1.29 is 14.3 Å². The van der Waals surface area contributed by atoms with Gasteiger partial charge in [-0.1, -0.05) is 60.1 Å². The molecular formula is C32H49ClO3. The second kappa shape index (κ2) is 8.09. The highest BCUT2D eigenvalue weighted by molar-refractivity contribution is 6.64. The summed E-state index contributed by atoms with van der Waals surface area (Å²) >= 11 is 6.20. The molecule has 4 saturated carbocycles. The molecule has 0 amide bonds. The summed E-state index contributed by atoms with van der Waals surface area (Å²) in [5, 5.41) is -0.142. The number of allylic oxidation sites excluding steroid dienone is 2. The minimum absolute atomic E-state index is 0.0120. The molecule has 202 valence electrons. The van der Waals surface area contributed by atoms with Crippen LogP contribution in [0.15, 0.2) is 11.6 Å². The maximum absolute atomic E-state index is 12.5. The molecule has 5 aliphatic carbocycles. The number of esters is 1. The number of rotatable bonds is 2. The van der Waals surface area contributed by atoms with E-state index in [-0.39, 0.29) is 44.4 Å². The van der Waals surface area contributed by atoms with Crippen molar-refractivity contribution >= 4 is 22.8 Å². The van der Waals surface area contributed by atoms with E-state index in [9.17, 15) is 9.59 Å². The third-order valence-electron chi connectivity index (χ3n) is 13.6. The molecule has 0 N–H and O–H groups in total. The number of carbonyl (C=O) groups excluding carboxylic acids is 2. The molecule has 4 heteroatoms. The molecule has 5 aliphatic rings. The minimum Gasteiger partial charge on any atom is -0.462 e. The first-order valence-corrected chi connectivity index (χ1v) is 15.0. The standard InChI is InChI=1S/C32H49ClO3/c1-20(34)36-25-12-13-30(6)23(27(25,2)3)11-14-32(8)24(30)10-9-21-22-19-29(5,26(33)35)16-15-28(22,4)17-18-31(21,32)7/h9,22-25H,10-19H2,1-8H3/t22-,23-,24+,25-,28+,29-,30-,31+,32+/m0/s1. The third kappa shape index (κ3) is 3.42. The van der Waals surface area contributed by atoms with Crippen LogP contribution in [-0.4, -0.2) is 17.3 Å². The van der Waals surface area contributed by atoms with Crippen molar-refractivity contribution in [2.75, 3.05) is 0 Å². The molecule has 0 radical (unpaired) electrons. The average Bonchev–Trinajstić information content (AvgIpc) is 2.77. The molecule has 0 saturated heterocycles. The smallest absolute Gasteiger partial charge is 0.302 e. The molecule has 0 spiro atoms. The van der Waals surface area contributed by atoms with Gasteiger partial charge in [0.25, 0.3) is 0 Å². The van der Waals surface area contributed by atoms with Gasteiger partial charge in [-0.15, -0.1) is 0 Å². The van der Waals surface area contributed by atoms with Crippen LogP contribution >= 0.6 is 11.6 Å². The topological polar surface area (TPSA) is 43.4 Å². The van der Waals surface area contributed by atoms with Crippen molar-refractivity contribution in [2.45, 2.75) is 126 Å². The molecular weight excluding hydrogens is 468 g/mol. The lowest BCUT2D eigenvalue weighted by atomic mass is 9.33. The van der Waals surface area contributed by atoms with Gasteiger partial charge in [0.05, 0.1) is 0 Å². The van der Waals surface area contributed by atoms with Crippen LogP contribution in [0.1, 0.15) is 120 Å². The molecule has 0 aromatic heterocycles. The van der Waals surface area contributed by atoms with Crippen LogP contribution < -0.4 is 0 Å². The Morgan fingerprint density at radius 3 is 2.19 bits per heavy atom. The highest BCUT2D eigenvalue weighted by Crippen LogP contribution is 2.75. The van der Waals surface area contributed by atoms with Crippen molar-refractivity contribution in [1.82, 2.24) is 0 Å².